The van der Waals surface area contributed by atoms with Gasteiger partial charge in [-0.2, -0.15) is 11.8 Å². The van der Waals surface area contributed by atoms with Crippen molar-refractivity contribution in [2.75, 3.05) is 5.75 Å². The number of nitrogens with zero attached hydrogens (tertiary/aromatic N) is 1. The number of carbonyl (C=O) groups excluding carboxylic acids is 1. The zero-order chi connectivity index (χ0) is 17.9. The van der Waals surface area contributed by atoms with Crippen molar-refractivity contribution < 1.29 is 14.7 Å². The topological polar surface area (TPSA) is 131 Å². The molecular weight excluding hydrogens is 328 g/mol. The molecule has 0 bridgehead atoms. The van der Waals surface area contributed by atoms with E-state index in [1.807, 2.05) is 11.8 Å². The van der Waals surface area contributed by atoms with Crippen molar-refractivity contribution >= 4 is 29.6 Å². The fourth-order valence-electron chi connectivity index (χ4n) is 2.80. The lowest BCUT2D eigenvalue weighted by molar-refractivity contribution is -0.137. The molecule has 24 heavy (non-hydrogen) atoms. The second-order valence-electron chi connectivity index (χ2n) is 6.19. The molecule has 138 valence electrons. The number of rotatable bonds is 9. The minimum absolute atomic E-state index is 0.207. The minimum atomic E-state index is -0.682. The summed E-state index contributed by atoms with van der Waals surface area (Å²) in [5.74, 6) is 0.771. The van der Waals surface area contributed by atoms with Crippen LogP contribution in [0.15, 0.2) is 4.99 Å². The third-order valence-corrected chi connectivity index (χ3v) is 5.55. The Morgan fingerprint density at radius 3 is 2.62 bits per heavy atom. The summed E-state index contributed by atoms with van der Waals surface area (Å²) < 4.78 is 0. The molecule has 1 saturated heterocycles. The summed E-state index contributed by atoms with van der Waals surface area (Å²) in [6, 6.07) is 0.754. The monoisotopic (exact) mass is 358 g/mol. The predicted molar refractivity (Wildman–Crippen MR) is 98.0 cm³/mol. The van der Waals surface area contributed by atoms with E-state index in [4.69, 9.17) is 16.6 Å². The first-order chi connectivity index (χ1) is 11.4. The summed E-state index contributed by atoms with van der Waals surface area (Å²) in [5, 5.41) is 11.9. The van der Waals surface area contributed by atoms with Gasteiger partial charge in [0.1, 0.15) is 0 Å². The van der Waals surface area contributed by atoms with E-state index in [1.165, 1.54) is 0 Å². The quantitative estimate of drug-likeness (QED) is 0.461. The van der Waals surface area contributed by atoms with Crippen LogP contribution in [0.2, 0.25) is 0 Å². The van der Waals surface area contributed by atoms with E-state index in [0.29, 0.717) is 36.1 Å². The van der Waals surface area contributed by atoms with Crippen molar-refractivity contribution in [2.45, 2.75) is 75.6 Å². The number of nitrogens with two attached hydrogens (primary N) is 2. The Hall–Kier alpha value is -1.44. The van der Waals surface area contributed by atoms with E-state index >= 15 is 0 Å². The summed E-state index contributed by atoms with van der Waals surface area (Å²) in [7, 11) is 0. The third-order valence-electron chi connectivity index (χ3n) is 4.06. The Morgan fingerprint density at radius 1 is 1.29 bits per heavy atom. The normalized spacial score (nSPS) is 24.4. The van der Waals surface area contributed by atoms with Gasteiger partial charge in [-0.25, -0.2) is 4.99 Å². The lowest BCUT2D eigenvalue weighted by Crippen LogP contribution is -2.38. The number of carboxylic acids is 1. The SMILES string of the molecule is CCCCCC(=O)O.NC(=O)CCCC[C@@H]1SC[C@@H]2NC(N)=N[C@@H]21. The van der Waals surface area contributed by atoms with Gasteiger partial charge in [0, 0.05) is 23.8 Å². The molecule has 7 nitrogen and oxygen atoms in total. The number of amides is 1. The van der Waals surface area contributed by atoms with Crippen LogP contribution >= 0.6 is 11.8 Å². The van der Waals surface area contributed by atoms with Crippen molar-refractivity contribution in [1.29, 1.82) is 0 Å². The standard InChI is InChI=1S/C10H18N4OS.C6H12O2/c11-8(15)4-2-1-3-7-9-6(5-16-7)13-10(12)14-9;1-2-3-4-5-6(7)8/h6-7,9H,1-5H2,(H2,11,15)(H3,12,13,14);2-5H2,1H3,(H,7,8)/t6-,7-,9-;/m0./s1. The number of hydrogen-bond donors (Lipinski definition) is 4. The van der Waals surface area contributed by atoms with Crippen LogP contribution < -0.4 is 16.8 Å². The third kappa shape index (κ3) is 7.90. The van der Waals surface area contributed by atoms with Gasteiger partial charge in [-0.1, -0.05) is 26.2 Å². The highest BCUT2D eigenvalue weighted by atomic mass is 32.2. The van der Waals surface area contributed by atoms with E-state index < -0.39 is 5.97 Å². The van der Waals surface area contributed by atoms with Gasteiger partial charge in [0.15, 0.2) is 5.96 Å². The largest absolute Gasteiger partial charge is 0.481 e. The molecule has 2 rings (SSSR count). The number of guanidine groups is 1. The first kappa shape index (κ1) is 20.6. The van der Waals surface area contributed by atoms with E-state index in [-0.39, 0.29) is 5.91 Å². The highest BCUT2D eigenvalue weighted by Gasteiger charge is 2.39. The number of hydrogen-bond acceptors (Lipinski definition) is 6. The van der Waals surface area contributed by atoms with Gasteiger partial charge in [-0.15, -0.1) is 0 Å². The summed E-state index contributed by atoms with van der Waals surface area (Å²) in [6.45, 7) is 2.06. The summed E-state index contributed by atoms with van der Waals surface area (Å²) in [6.07, 6.45) is 6.79. The van der Waals surface area contributed by atoms with Gasteiger partial charge in [-0.3, -0.25) is 9.59 Å². The van der Waals surface area contributed by atoms with Crippen molar-refractivity contribution in [3.8, 4) is 0 Å². The Balaban J connectivity index is 0.000000307. The van der Waals surface area contributed by atoms with Gasteiger partial charge < -0.3 is 21.9 Å². The van der Waals surface area contributed by atoms with Crippen LogP contribution in [-0.2, 0) is 9.59 Å². The van der Waals surface area contributed by atoms with E-state index in [9.17, 15) is 9.59 Å². The van der Waals surface area contributed by atoms with Gasteiger partial charge >= 0.3 is 5.97 Å². The highest BCUT2D eigenvalue weighted by Crippen LogP contribution is 2.35. The number of carbonyl (C=O) groups is 2. The summed E-state index contributed by atoms with van der Waals surface area (Å²) >= 11 is 1.95. The van der Waals surface area contributed by atoms with Crippen LogP contribution in [0, 0.1) is 0 Å². The Morgan fingerprint density at radius 2 is 2.00 bits per heavy atom. The van der Waals surface area contributed by atoms with Crippen molar-refractivity contribution in [2.24, 2.45) is 16.5 Å². The number of aliphatic imine (C=N–C) groups is 1. The molecule has 0 aromatic heterocycles. The molecule has 3 atom stereocenters. The first-order valence-corrected chi connectivity index (χ1v) is 9.70. The maximum atomic E-state index is 10.6. The fourth-order valence-corrected chi connectivity index (χ4v) is 4.31. The second-order valence-corrected chi connectivity index (χ2v) is 7.46. The average molecular weight is 359 g/mol. The molecule has 0 unspecified atom stereocenters. The molecule has 0 radical (unpaired) electrons. The molecule has 0 saturated carbocycles. The van der Waals surface area contributed by atoms with Crippen molar-refractivity contribution in [1.82, 2.24) is 5.32 Å². The smallest absolute Gasteiger partial charge is 0.303 e. The lowest BCUT2D eigenvalue weighted by atomic mass is 10.0. The zero-order valence-electron chi connectivity index (χ0n) is 14.4. The number of primary amides is 1. The Labute approximate surface area is 148 Å². The maximum Gasteiger partial charge on any atom is 0.303 e. The number of carboxylic acid groups (broad SMARTS) is 1. The molecule has 2 heterocycles. The molecule has 2 aliphatic heterocycles. The van der Waals surface area contributed by atoms with Crippen LogP contribution in [0.1, 0.15) is 58.3 Å². The van der Waals surface area contributed by atoms with E-state index in [0.717, 1.165) is 44.3 Å². The number of aliphatic carboxylic acids is 1. The highest BCUT2D eigenvalue weighted by molar-refractivity contribution is 8.00. The molecule has 6 N–H and O–H groups in total. The number of thioether (sulfide) groups is 1. The van der Waals surface area contributed by atoms with Gasteiger partial charge in [0.2, 0.25) is 5.91 Å². The van der Waals surface area contributed by atoms with Crippen molar-refractivity contribution in [3.63, 3.8) is 0 Å². The number of unbranched alkanes of at least 4 members (excludes halogenated alkanes) is 3. The lowest BCUT2D eigenvalue weighted by Gasteiger charge is -2.13. The van der Waals surface area contributed by atoms with E-state index in [1.54, 1.807) is 0 Å². The molecule has 1 amide bonds. The van der Waals surface area contributed by atoms with Gasteiger partial charge in [-0.05, 0) is 19.3 Å². The summed E-state index contributed by atoms with van der Waals surface area (Å²) in [5.41, 5.74) is 10.7. The first-order valence-electron chi connectivity index (χ1n) is 8.65. The average Bonchev–Trinajstić information content (AvgIpc) is 3.04. The molecule has 0 aromatic carbocycles. The number of nitrogens with one attached hydrogen (secondary N) is 1. The van der Waals surface area contributed by atoms with Crippen molar-refractivity contribution in [3.05, 3.63) is 0 Å². The van der Waals surface area contributed by atoms with Crippen LogP contribution in [0.5, 0.6) is 0 Å². The zero-order valence-corrected chi connectivity index (χ0v) is 15.2. The minimum Gasteiger partial charge on any atom is -0.481 e. The Bertz CT molecular complexity index is 445. The molecule has 1 fully saturated rings. The van der Waals surface area contributed by atoms with Crippen LogP contribution in [0.3, 0.4) is 0 Å². The molecule has 8 heteroatoms. The summed E-state index contributed by atoms with van der Waals surface area (Å²) in [4.78, 5) is 24.9. The van der Waals surface area contributed by atoms with Crippen LogP contribution in [0.4, 0.5) is 0 Å². The Kier molecular flexibility index (Phi) is 9.59. The molecule has 0 aromatic rings. The molecule has 2 aliphatic rings. The van der Waals surface area contributed by atoms with Gasteiger partial charge in [0.25, 0.3) is 0 Å². The van der Waals surface area contributed by atoms with Crippen LogP contribution in [0.25, 0.3) is 0 Å². The maximum absolute atomic E-state index is 10.6. The number of fused-ring (bicyclic) bond motifs is 1. The van der Waals surface area contributed by atoms with E-state index in [2.05, 4.69) is 17.2 Å². The molecular formula is C16H30N4O3S. The predicted octanol–water partition coefficient (Wildman–Crippen LogP) is 1.45. The second kappa shape index (κ2) is 11.2. The molecule has 0 aliphatic carbocycles. The van der Waals surface area contributed by atoms with Crippen LogP contribution in [-0.4, -0.2) is 46.0 Å². The molecule has 0 spiro atoms. The fraction of sp³-hybridized carbons (Fsp3) is 0.812. The van der Waals surface area contributed by atoms with Gasteiger partial charge in [0.05, 0.1) is 12.1 Å².